The predicted molar refractivity (Wildman–Crippen MR) is 59.5 cm³/mol. The number of nitrogens with one attached hydrogen (secondary N) is 1. The van der Waals surface area contributed by atoms with Crippen LogP contribution in [0.5, 0.6) is 0 Å². The van der Waals surface area contributed by atoms with E-state index in [0.29, 0.717) is 0 Å². The first-order chi connectivity index (χ1) is 6.81. The zero-order valence-corrected chi connectivity index (χ0v) is 9.09. The van der Waals surface area contributed by atoms with Crippen molar-refractivity contribution in [2.24, 2.45) is 5.84 Å². The predicted octanol–water partition coefficient (Wildman–Crippen LogP) is 2.28. The molecule has 82 valence electrons. The van der Waals surface area contributed by atoms with Gasteiger partial charge >= 0.3 is 0 Å². The number of carbonyl (C=O) groups is 1. The molecule has 0 aromatic rings. The van der Waals surface area contributed by atoms with Gasteiger partial charge in [0.25, 0.3) is 5.91 Å². The molecule has 0 aliphatic heterocycles. The lowest BCUT2D eigenvalue weighted by Gasteiger charge is -1.97. The van der Waals surface area contributed by atoms with E-state index < -0.39 is 0 Å². The van der Waals surface area contributed by atoms with Gasteiger partial charge in [0.1, 0.15) is 0 Å². The lowest BCUT2D eigenvalue weighted by atomic mass is 10.1. The number of rotatable bonds is 8. The van der Waals surface area contributed by atoms with Gasteiger partial charge in [-0.15, -0.1) is 0 Å². The normalized spacial score (nSPS) is 10.7. The summed E-state index contributed by atoms with van der Waals surface area (Å²) in [6, 6.07) is 0. The highest BCUT2D eigenvalue weighted by Gasteiger charge is 1.89. The zero-order valence-electron chi connectivity index (χ0n) is 9.09. The maximum absolute atomic E-state index is 10.7. The Balaban J connectivity index is 3.13. The highest BCUT2D eigenvalue weighted by molar-refractivity contribution is 5.86. The van der Waals surface area contributed by atoms with E-state index >= 15 is 0 Å². The minimum Gasteiger partial charge on any atom is -0.291 e. The first-order valence-corrected chi connectivity index (χ1v) is 5.48. The van der Waals surface area contributed by atoms with Crippen LogP contribution in [0.3, 0.4) is 0 Å². The van der Waals surface area contributed by atoms with E-state index in [0.717, 1.165) is 12.8 Å². The van der Waals surface area contributed by atoms with Crippen LogP contribution in [0.1, 0.15) is 51.9 Å². The van der Waals surface area contributed by atoms with E-state index in [9.17, 15) is 4.79 Å². The topological polar surface area (TPSA) is 55.1 Å². The molecule has 0 heterocycles. The Hall–Kier alpha value is -0.830. The van der Waals surface area contributed by atoms with E-state index in [-0.39, 0.29) is 5.91 Å². The summed E-state index contributed by atoms with van der Waals surface area (Å²) in [6.45, 7) is 2.22. The number of hydrogen-bond donors (Lipinski definition) is 2. The van der Waals surface area contributed by atoms with Crippen LogP contribution in [0, 0.1) is 0 Å². The number of carbonyl (C=O) groups excluding carboxylic acids is 1. The molecule has 1 amide bonds. The number of hydrogen-bond acceptors (Lipinski definition) is 2. The van der Waals surface area contributed by atoms with Crippen LogP contribution in [0.4, 0.5) is 0 Å². The van der Waals surface area contributed by atoms with E-state index in [4.69, 9.17) is 5.84 Å². The van der Waals surface area contributed by atoms with Gasteiger partial charge in [0.05, 0.1) is 0 Å². The highest BCUT2D eigenvalue weighted by atomic mass is 16.2. The fourth-order valence-electron chi connectivity index (χ4n) is 1.28. The van der Waals surface area contributed by atoms with Gasteiger partial charge in [-0.05, 0) is 12.8 Å². The second-order valence-electron chi connectivity index (χ2n) is 3.47. The smallest absolute Gasteiger partial charge is 0.257 e. The van der Waals surface area contributed by atoms with E-state index in [1.807, 2.05) is 6.08 Å². The van der Waals surface area contributed by atoms with Gasteiger partial charge in [-0.2, -0.15) is 0 Å². The molecule has 0 aromatic carbocycles. The molecular formula is C11H22N2O. The molecule has 0 bridgehead atoms. The van der Waals surface area contributed by atoms with Gasteiger partial charge in [-0.25, -0.2) is 5.84 Å². The number of amides is 1. The Morgan fingerprint density at radius 2 is 1.86 bits per heavy atom. The van der Waals surface area contributed by atoms with Crippen LogP contribution in [0.25, 0.3) is 0 Å². The first-order valence-electron chi connectivity index (χ1n) is 5.48. The van der Waals surface area contributed by atoms with Crippen molar-refractivity contribution in [1.82, 2.24) is 5.43 Å². The molecule has 0 saturated heterocycles. The molecule has 0 radical (unpaired) electrons. The molecule has 0 fully saturated rings. The zero-order chi connectivity index (χ0) is 10.6. The summed E-state index contributed by atoms with van der Waals surface area (Å²) in [7, 11) is 0. The summed E-state index contributed by atoms with van der Waals surface area (Å²) in [6.07, 6.45) is 12.0. The second-order valence-corrected chi connectivity index (χ2v) is 3.47. The molecular weight excluding hydrogens is 176 g/mol. The van der Waals surface area contributed by atoms with Gasteiger partial charge in [-0.3, -0.25) is 10.2 Å². The van der Waals surface area contributed by atoms with Crippen LogP contribution in [-0.4, -0.2) is 5.91 Å². The molecule has 3 nitrogen and oxygen atoms in total. The van der Waals surface area contributed by atoms with Crippen molar-refractivity contribution >= 4 is 5.91 Å². The molecule has 0 aliphatic carbocycles. The van der Waals surface area contributed by atoms with Gasteiger partial charge in [0.2, 0.25) is 0 Å². The molecule has 0 unspecified atom stereocenters. The minimum atomic E-state index is -0.226. The number of unbranched alkanes of at least 4 members (excludes halogenated alkanes) is 6. The fourth-order valence-corrected chi connectivity index (χ4v) is 1.28. The van der Waals surface area contributed by atoms with Crippen molar-refractivity contribution in [2.75, 3.05) is 0 Å². The summed E-state index contributed by atoms with van der Waals surface area (Å²) in [4.78, 5) is 10.7. The fraction of sp³-hybridized carbons (Fsp3) is 0.727. The van der Waals surface area contributed by atoms with Crippen LogP contribution < -0.4 is 11.3 Å². The van der Waals surface area contributed by atoms with Crippen molar-refractivity contribution < 1.29 is 4.79 Å². The summed E-state index contributed by atoms with van der Waals surface area (Å²) < 4.78 is 0. The van der Waals surface area contributed by atoms with Crippen LogP contribution in [0.15, 0.2) is 12.2 Å². The summed E-state index contributed by atoms with van der Waals surface area (Å²) >= 11 is 0. The van der Waals surface area contributed by atoms with Crippen molar-refractivity contribution in [3.63, 3.8) is 0 Å². The largest absolute Gasteiger partial charge is 0.291 e. The SMILES string of the molecule is CCCCCCCCC=CC(=O)NN. The molecule has 0 spiro atoms. The highest BCUT2D eigenvalue weighted by Crippen LogP contribution is 2.06. The standard InChI is InChI=1S/C11H22N2O/c1-2-3-4-5-6-7-8-9-10-11(14)13-12/h9-10H,2-8,12H2,1H3,(H,13,14). The molecule has 0 saturated carbocycles. The molecule has 0 aromatic heterocycles. The molecule has 14 heavy (non-hydrogen) atoms. The van der Waals surface area contributed by atoms with E-state index in [2.05, 4.69) is 12.3 Å². The van der Waals surface area contributed by atoms with Crippen molar-refractivity contribution in [3.8, 4) is 0 Å². The van der Waals surface area contributed by atoms with Crippen molar-refractivity contribution in [1.29, 1.82) is 0 Å². The Kier molecular flexibility index (Phi) is 9.64. The first kappa shape index (κ1) is 13.2. The molecule has 3 heteroatoms. The lowest BCUT2D eigenvalue weighted by molar-refractivity contribution is -0.116. The number of nitrogens with two attached hydrogens (primary N) is 1. The Morgan fingerprint density at radius 3 is 2.50 bits per heavy atom. The lowest BCUT2D eigenvalue weighted by Crippen LogP contribution is -2.27. The summed E-state index contributed by atoms with van der Waals surface area (Å²) in [5.41, 5.74) is 2.06. The maximum Gasteiger partial charge on any atom is 0.257 e. The third-order valence-corrected chi connectivity index (χ3v) is 2.14. The number of allylic oxidation sites excluding steroid dienone is 1. The third-order valence-electron chi connectivity index (χ3n) is 2.14. The van der Waals surface area contributed by atoms with E-state index in [1.54, 1.807) is 0 Å². The summed E-state index contributed by atoms with van der Waals surface area (Å²) in [5, 5.41) is 0. The quantitative estimate of drug-likeness (QED) is 0.207. The van der Waals surface area contributed by atoms with Crippen LogP contribution in [-0.2, 0) is 4.79 Å². The van der Waals surface area contributed by atoms with E-state index in [1.165, 1.54) is 38.2 Å². The average molecular weight is 198 g/mol. The molecule has 3 N–H and O–H groups in total. The van der Waals surface area contributed by atoms with Crippen molar-refractivity contribution in [2.45, 2.75) is 51.9 Å². The van der Waals surface area contributed by atoms with Crippen molar-refractivity contribution in [3.05, 3.63) is 12.2 Å². The summed E-state index contributed by atoms with van der Waals surface area (Å²) in [5.74, 6) is 4.69. The molecule has 0 aliphatic rings. The Labute approximate surface area is 86.7 Å². The molecule has 0 atom stereocenters. The maximum atomic E-state index is 10.7. The van der Waals surface area contributed by atoms with Gasteiger partial charge < -0.3 is 0 Å². The Morgan fingerprint density at radius 1 is 1.21 bits per heavy atom. The molecule has 0 rings (SSSR count). The van der Waals surface area contributed by atoms with Gasteiger partial charge in [-0.1, -0.05) is 45.1 Å². The monoisotopic (exact) mass is 198 g/mol. The third kappa shape index (κ3) is 9.26. The second kappa shape index (κ2) is 10.3. The average Bonchev–Trinajstić information content (AvgIpc) is 2.21. The van der Waals surface area contributed by atoms with Crippen LogP contribution >= 0.6 is 0 Å². The van der Waals surface area contributed by atoms with Gasteiger partial charge in [0, 0.05) is 6.08 Å². The Bertz CT molecular complexity index is 167. The van der Waals surface area contributed by atoms with Gasteiger partial charge in [0.15, 0.2) is 0 Å². The number of hydrazine groups is 1. The minimum absolute atomic E-state index is 0.226. The van der Waals surface area contributed by atoms with Crippen LogP contribution in [0.2, 0.25) is 0 Å².